The molecule has 40 heavy (non-hydrogen) atoms. The summed E-state index contributed by atoms with van der Waals surface area (Å²) in [5, 5.41) is 2.86. The number of sulfonamides is 1. The average molecular weight is 570 g/mol. The number of benzene rings is 3. The van der Waals surface area contributed by atoms with Gasteiger partial charge in [-0.05, 0) is 73.4 Å². The molecule has 214 valence electrons. The van der Waals surface area contributed by atoms with Crippen molar-refractivity contribution >= 4 is 27.5 Å². The average Bonchev–Trinajstić information content (AvgIpc) is 2.95. The van der Waals surface area contributed by atoms with Crippen molar-refractivity contribution in [2.24, 2.45) is 5.92 Å². The van der Waals surface area contributed by atoms with E-state index in [9.17, 15) is 22.4 Å². The smallest absolute Gasteiger partial charge is 0.264 e. The van der Waals surface area contributed by atoms with Crippen LogP contribution >= 0.6 is 0 Å². The molecule has 3 aromatic rings. The van der Waals surface area contributed by atoms with Crippen molar-refractivity contribution in [2.75, 3.05) is 31.0 Å². The van der Waals surface area contributed by atoms with Gasteiger partial charge in [-0.1, -0.05) is 44.2 Å². The van der Waals surface area contributed by atoms with Crippen molar-refractivity contribution < 1.29 is 27.1 Å². The Labute approximate surface area is 235 Å². The normalized spacial score (nSPS) is 12.1. The molecular formula is C30H36FN3O5S. The van der Waals surface area contributed by atoms with Crippen molar-refractivity contribution in [3.8, 4) is 5.75 Å². The number of hydrogen-bond acceptors (Lipinski definition) is 5. The first-order valence-corrected chi connectivity index (χ1v) is 14.5. The minimum absolute atomic E-state index is 0.0658. The van der Waals surface area contributed by atoms with E-state index < -0.39 is 34.3 Å². The quantitative estimate of drug-likeness (QED) is 0.332. The molecule has 0 unspecified atom stereocenters. The van der Waals surface area contributed by atoms with Crippen LogP contribution in [0, 0.1) is 11.7 Å². The van der Waals surface area contributed by atoms with Gasteiger partial charge in [0.1, 0.15) is 24.2 Å². The fraction of sp³-hybridized carbons (Fsp3) is 0.333. The number of nitrogens with one attached hydrogen (secondary N) is 1. The number of rotatable bonds is 13. The van der Waals surface area contributed by atoms with Gasteiger partial charge in [0.2, 0.25) is 11.8 Å². The second-order valence-corrected chi connectivity index (χ2v) is 11.7. The van der Waals surface area contributed by atoms with E-state index in [4.69, 9.17) is 4.74 Å². The van der Waals surface area contributed by atoms with Gasteiger partial charge >= 0.3 is 0 Å². The Morgan fingerprint density at radius 2 is 1.55 bits per heavy atom. The molecule has 0 saturated heterocycles. The standard InChI is InChI=1S/C30H36FN3O5S/c1-22(2)20-32-30(36)23(3)33(19-18-24-8-6-5-7-9-24)29(35)21-34(26-12-10-25(31)11-13-26)40(37,38)28-16-14-27(39-4)15-17-28/h5-17,22-23H,18-21H2,1-4H3,(H,32,36)/t23-/m1/s1. The Kier molecular flexibility index (Phi) is 10.7. The van der Waals surface area contributed by atoms with Crippen LogP contribution in [-0.2, 0) is 26.0 Å². The van der Waals surface area contributed by atoms with Gasteiger partial charge < -0.3 is 15.0 Å². The van der Waals surface area contributed by atoms with Crippen LogP contribution in [0.5, 0.6) is 5.75 Å². The maximum absolute atomic E-state index is 13.8. The van der Waals surface area contributed by atoms with E-state index in [0.717, 1.165) is 22.0 Å². The molecule has 10 heteroatoms. The number of halogens is 1. The third-order valence-corrected chi connectivity index (χ3v) is 8.17. The Morgan fingerprint density at radius 1 is 0.925 bits per heavy atom. The molecule has 0 aliphatic heterocycles. The third kappa shape index (κ3) is 8.05. The first-order valence-electron chi connectivity index (χ1n) is 13.1. The van der Waals surface area contributed by atoms with Gasteiger partial charge in [-0.15, -0.1) is 0 Å². The highest BCUT2D eigenvalue weighted by Crippen LogP contribution is 2.26. The zero-order valence-corrected chi connectivity index (χ0v) is 24.0. The van der Waals surface area contributed by atoms with Gasteiger partial charge in [-0.3, -0.25) is 13.9 Å². The van der Waals surface area contributed by atoms with Crippen molar-refractivity contribution in [1.29, 1.82) is 0 Å². The van der Waals surface area contributed by atoms with E-state index in [1.165, 1.54) is 48.4 Å². The zero-order valence-electron chi connectivity index (χ0n) is 23.2. The molecule has 1 atom stereocenters. The molecule has 3 aromatic carbocycles. The summed E-state index contributed by atoms with van der Waals surface area (Å²) < 4.78 is 47.4. The first-order chi connectivity index (χ1) is 19.0. The molecule has 8 nitrogen and oxygen atoms in total. The summed E-state index contributed by atoms with van der Waals surface area (Å²) in [4.78, 5) is 28.1. The molecular weight excluding hydrogens is 533 g/mol. The summed E-state index contributed by atoms with van der Waals surface area (Å²) in [5.41, 5.74) is 1.09. The monoisotopic (exact) mass is 569 g/mol. The van der Waals surface area contributed by atoms with Crippen molar-refractivity contribution in [3.63, 3.8) is 0 Å². The van der Waals surface area contributed by atoms with Crippen molar-refractivity contribution in [1.82, 2.24) is 10.2 Å². The number of carbonyl (C=O) groups is 2. The van der Waals surface area contributed by atoms with E-state index in [2.05, 4.69) is 5.32 Å². The fourth-order valence-corrected chi connectivity index (χ4v) is 5.45. The van der Waals surface area contributed by atoms with Crippen LogP contribution in [-0.4, -0.2) is 57.9 Å². The summed E-state index contributed by atoms with van der Waals surface area (Å²) in [6.07, 6.45) is 0.468. The molecule has 1 N–H and O–H groups in total. The summed E-state index contributed by atoms with van der Waals surface area (Å²) in [6.45, 7) is 5.60. The molecule has 0 radical (unpaired) electrons. The van der Waals surface area contributed by atoms with E-state index in [-0.39, 0.29) is 29.0 Å². The lowest BCUT2D eigenvalue weighted by Gasteiger charge is -2.32. The van der Waals surface area contributed by atoms with Crippen molar-refractivity contribution in [2.45, 2.75) is 38.1 Å². The van der Waals surface area contributed by atoms with E-state index in [0.29, 0.717) is 18.7 Å². The minimum atomic E-state index is -4.25. The molecule has 0 bridgehead atoms. The van der Waals surface area contributed by atoms with E-state index in [1.54, 1.807) is 6.92 Å². The Morgan fingerprint density at radius 3 is 2.12 bits per heavy atom. The second kappa shape index (κ2) is 13.9. The molecule has 0 heterocycles. The van der Waals surface area contributed by atoms with Crippen LogP contribution in [0.15, 0.2) is 83.8 Å². The second-order valence-electron chi connectivity index (χ2n) is 9.80. The highest BCUT2D eigenvalue weighted by molar-refractivity contribution is 7.92. The van der Waals surface area contributed by atoms with E-state index >= 15 is 0 Å². The third-order valence-electron chi connectivity index (χ3n) is 6.38. The number of hydrogen-bond donors (Lipinski definition) is 1. The molecule has 0 saturated carbocycles. The largest absolute Gasteiger partial charge is 0.497 e. The number of anilines is 1. The van der Waals surface area contributed by atoms with E-state index in [1.807, 2.05) is 44.2 Å². The maximum atomic E-state index is 13.8. The maximum Gasteiger partial charge on any atom is 0.264 e. The molecule has 0 fully saturated rings. The SMILES string of the molecule is COc1ccc(S(=O)(=O)N(CC(=O)N(CCc2ccccc2)[C@H](C)C(=O)NCC(C)C)c2ccc(F)cc2)cc1. The van der Waals surface area contributed by atoms with Gasteiger partial charge in [-0.2, -0.15) is 0 Å². The van der Waals surface area contributed by atoms with Gasteiger partial charge in [0.05, 0.1) is 17.7 Å². The lowest BCUT2D eigenvalue weighted by Crippen LogP contribution is -2.52. The molecule has 0 spiro atoms. The number of ether oxygens (including phenoxy) is 1. The van der Waals surface area contributed by atoms with Crippen LogP contribution < -0.4 is 14.4 Å². The van der Waals surface area contributed by atoms with Gasteiger partial charge in [0, 0.05) is 13.1 Å². The number of carbonyl (C=O) groups excluding carboxylic acids is 2. The van der Waals surface area contributed by atoms with Gasteiger partial charge in [0.25, 0.3) is 10.0 Å². The number of nitrogens with zero attached hydrogens (tertiary/aromatic N) is 2. The number of amides is 2. The highest BCUT2D eigenvalue weighted by Gasteiger charge is 2.32. The summed E-state index contributed by atoms with van der Waals surface area (Å²) in [7, 11) is -2.78. The van der Waals surface area contributed by atoms with Gasteiger partial charge in [0.15, 0.2) is 0 Å². The Balaban J connectivity index is 1.95. The summed E-state index contributed by atoms with van der Waals surface area (Å²) >= 11 is 0. The van der Waals surface area contributed by atoms with Crippen molar-refractivity contribution in [3.05, 3.63) is 90.2 Å². The molecule has 0 aromatic heterocycles. The lowest BCUT2D eigenvalue weighted by atomic mass is 10.1. The lowest BCUT2D eigenvalue weighted by molar-refractivity contribution is -0.138. The van der Waals surface area contributed by atoms with Crippen LogP contribution in [0.3, 0.4) is 0 Å². The minimum Gasteiger partial charge on any atom is -0.497 e. The Hall–Kier alpha value is -3.92. The van der Waals surface area contributed by atoms with Crippen LogP contribution in [0.25, 0.3) is 0 Å². The molecule has 3 rings (SSSR count). The zero-order chi connectivity index (χ0) is 29.3. The molecule has 0 aliphatic rings. The first kappa shape index (κ1) is 30.6. The van der Waals surface area contributed by atoms with Gasteiger partial charge in [-0.25, -0.2) is 12.8 Å². The predicted molar refractivity (Wildman–Crippen MR) is 153 cm³/mol. The summed E-state index contributed by atoms with van der Waals surface area (Å²) in [5.74, 6) is -0.757. The predicted octanol–water partition coefficient (Wildman–Crippen LogP) is 4.26. The summed E-state index contributed by atoms with van der Waals surface area (Å²) in [6, 6.07) is 19.3. The molecule has 2 amide bonds. The molecule has 0 aliphatic carbocycles. The van der Waals surface area contributed by atoms with Crippen LogP contribution in [0.1, 0.15) is 26.3 Å². The Bertz CT molecular complexity index is 1360. The highest BCUT2D eigenvalue weighted by atomic mass is 32.2. The fourth-order valence-electron chi connectivity index (χ4n) is 4.03. The van der Waals surface area contributed by atoms with Crippen LogP contribution in [0.4, 0.5) is 10.1 Å². The number of methoxy groups -OCH3 is 1. The topological polar surface area (TPSA) is 96.0 Å². The van der Waals surface area contributed by atoms with Crippen LogP contribution in [0.2, 0.25) is 0 Å².